The molecular weight excluding hydrogens is 254 g/mol. The Kier molecular flexibility index (Phi) is 5.63. The average molecular weight is 274 g/mol. The van der Waals surface area contributed by atoms with Gasteiger partial charge in [0.2, 0.25) is 0 Å². The van der Waals surface area contributed by atoms with Gasteiger partial charge in [-0.05, 0) is 32.0 Å². The fourth-order valence-corrected chi connectivity index (χ4v) is 2.70. The van der Waals surface area contributed by atoms with Crippen LogP contribution in [0.4, 0.5) is 0 Å². The zero-order chi connectivity index (χ0) is 13.0. The molecule has 1 aromatic rings. The predicted octanol–water partition coefficient (Wildman–Crippen LogP) is 3.95. The number of carbonyl (C=O) groups excluding carboxylic acids is 1. The molecule has 0 spiro atoms. The molecule has 0 amide bonds. The third-order valence-electron chi connectivity index (χ3n) is 3.15. The SMILES string of the molecule is CCC(C)CN(C)C(C)C(=O)c1ccc(Cl)s1. The average Bonchev–Trinajstić information content (AvgIpc) is 2.73. The topological polar surface area (TPSA) is 20.3 Å². The highest BCUT2D eigenvalue weighted by Gasteiger charge is 2.21. The van der Waals surface area contributed by atoms with Crippen molar-refractivity contribution in [3.8, 4) is 0 Å². The number of halogens is 1. The van der Waals surface area contributed by atoms with Crippen LogP contribution in [-0.2, 0) is 0 Å². The summed E-state index contributed by atoms with van der Waals surface area (Å²) in [5, 5.41) is 0. The standard InChI is InChI=1S/C13H20ClNOS/c1-5-9(2)8-15(4)10(3)13(16)11-6-7-12(14)17-11/h6-7,9-10H,5,8H2,1-4H3. The van der Waals surface area contributed by atoms with Gasteiger partial charge in [0, 0.05) is 6.54 Å². The summed E-state index contributed by atoms with van der Waals surface area (Å²) in [5.74, 6) is 0.773. The van der Waals surface area contributed by atoms with Crippen LogP contribution in [0, 0.1) is 5.92 Å². The van der Waals surface area contributed by atoms with Crippen molar-refractivity contribution in [1.29, 1.82) is 0 Å². The van der Waals surface area contributed by atoms with Gasteiger partial charge >= 0.3 is 0 Å². The van der Waals surface area contributed by atoms with Crippen LogP contribution in [0.5, 0.6) is 0 Å². The van der Waals surface area contributed by atoms with Crippen LogP contribution in [-0.4, -0.2) is 30.3 Å². The zero-order valence-corrected chi connectivity index (χ0v) is 12.4. The van der Waals surface area contributed by atoms with Crippen molar-refractivity contribution in [1.82, 2.24) is 4.90 Å². The molecule has 0 aliphatic heterocycles. The molecule has 17 heavy (non-hydrogen) atoms. The molecule has 0 N–H and O–H groups in total. The second-order valence-electron chi connectivity index (χ2n) is 4.60. The summed E-state index contributed by atoms with van der Waals surface area (Å²) >= 11 is 7.20. The number of likely N-dealkylation sites (N-methyl/N-ethyl adjacent to an activating group) is 1. The first-order valence-corrected chi connectivity index (χ1v) is 7.15. The highest BCUT2D eigenvalue weighted by Crippen LogP contribution is 2.23. The smallest absolute Gasteiger partial charge is 0.189 e. The van der Waals surface area contributed by atoms with E-state index in [4.69, 9.17) is 11.6 Å². The quantitative estimate of drug-likeness (QED) is 0.732. The third-order valence-corrected chi connectivity index (χ3v) is 4.40. The minimum absolute atomic E-state index is 0.0845. The molecule has 2 nitrogen and oxygen atoms in total. The third kappa shape index (κ3) is 4.09. The Bertz CT molecular complexity index is 377. The number of rotatable bonds is 6. The maximum absolute atomic E-state index is 12.2. The number of hydrogen-bond acceptors (Lipinski definition) is 3. The van der Waals surface area contributed by atoms with E-state index in [1.807, 2.05) is 20.0 Å². The molecule has 1 heterocycles. The van der Waals surface area contributed by atoms with E-state index in [9.17, 15) is 4.79 Å². The van der Waals surface area contributed by atoms with E-state index in [0.29, 0.717) is 10.3 Å². The number of ketones is 1. The minimum Gasteiger partial charge on any atom is -0.296 e. The molecule has 0 aliphatic carbocycles. The van der Waals surface area contributed by atoms with Crippen LogP contribution in [0.3, 0.4) is 0 Å². The summed E-state index contributed by atoms with van der Waals surface area (Å²) in [6.45, 7) is 7.28. The number of hydrogen-bond donors (Lipinski definition) is 0. The summed E-state index contributed by atoms with van der Waals surface area (Å²) in [6, 6.07) is 3.50. The van der Waals surface area contributed by atoms with Gasteiger partial charge in [0.15, 0.2) is 5.78 Å². The minimum atomic E-state index is -0.0845. The van der Waals surface area contributed by atoms with Crippen molar-refractivity contribution in [2.45, 2.75) is 33.2 Å². The van der Waals surface area contributed by atoms with Gasteiger partial charge in [-0.25, -0.2) is 0 Å². The molecule has 0 saturated carbocycles. The molecule has 96 valence electrons. The second-order valence-corrected chi connectivity index (χ2v) is 6.31. The summed E-state index contributed by atoms with van der Waals surface area (Å²) < 4.78 is 0.671. The van der Waals surface area contributed by atoms with Gasteiger partial charge in [0.05, 0.1) is 15.3 Å². The zero-order valence-electron chi connectivity index (χ0n) is 10.9. The summed E-state index contributed by atoms with van der Waals surface area (Å²) in [6.07, 6.45) is 1.14. The number of thiophene rings is 1. The number of Topliss-reactive ketones (excluding diaryl/α,β-unsaturated/α-hetero) is 1. The van der Waals surface area contributed by atoms with E-state index in [-0.39, 0.29) is 11.8 Å². The van der Waals surface area contributed by atoms with Crippen molar-refractivity contribution in [2.24, 2.45) is 5.92 Å². The van der Waals surface area contributed by atoms with Crippen molar-refractivity contribution in [2.75, 3.05) is 13.6 Å². The molecule has 0 fully saturated rings. The first-order chi connectivity index (χ1) is 7.95. The lowest BCUT2D eigenvalue weighted by atomic mass is 10.1. The Hall–Kier alpha value is -0.380. The van der Waals surface area contributed by atoms with Gasteiger partial charge in [0.1, 0.15) is 0 Å². The Labute approximate surface area is 113 Å². The lowest BCUT2D eigenvalue weighted by molar-refractivity contribution is 0.0858. The van der Waals surface area contributed by atoms with Gasteiger partial charge in [-0.2, -0.15) is 0 Å². The fraction of sp³-hybridized carbons (Fsp3) is 0.615. The highest BCUT2D eigenvalue weighted by atomic mass is 35.5. The molecule has 0 saturated heterocycles. The lowest BCUT2D eigenvalue weighted by Gasteiger charge is -2.25. The normalized spacial score (nSPS) is 14.9. The molecule has 1 aromatic heterocycles. The Morgan fingerprint density at radius 1 is 1.47 bits per heavy atom. The van der Waals surface area contributed by atoms with E-state index in [2.05, 4.69) is 18.7 Å². The van der Waals surface area contributed by atoms with E-state index < -0.39 is 0 Å². The Balaban J connectivity index is 2.63. The van der Waals surface area contributed by atoms with Crippen LogP contribution in [0.15, 0.2) is 12.1 Å². The first kappa shape index (κ1) is 14.7. The molecule has 2 atom stereocenters. The second kappa shape index (κ2) is 6.53. The van der Waals surface area contributed by atoms with Crippen LogP contribution in [0.2, 0.25) is 4.34 Å². The molecule has 0 bridgehead atoms. The van der Waals surface area contributed by atoms with Gasteiger partial charge in [-0.1, -0.05) is 31.9 Å². The van der Waals surface area contributed by atoms with Crippen molar-refractivity contribution >= 4 is 28.7 Å². The number of nitrogens with zero attached hydrogens (tertiary/aromatic N) is 1. The predicted molar refractivity (Wildman–Crippen MR) is 75.2 cm³/mol. The summed E-state index contributed by atoms with van der Waals surface area (Å²) in [5.41, 5.74) is 0. The van der Waals surface area contributed by atoms with E-state index in [1.54, 1.807) is 6.07 Å². The molecule has 1 rings (SSSR count). The van der Waals surface area contributed by atoms with Crippen LogP contribution in [0.25, 0.3) is 0 Å². The molecule has 0 radical (unpaired) electrons. The molecule has 0 aliphatic rings. The van der Waals surface area contributed by atoms with Crippen molar-refractivity contribution in [3.63, 3.8) is 0 Å². The maximum atomic E-state index is 12.2. The monoisotopic (exact) mass is 273 g/mol. The van der Waals surface area contributed by atoms with E-state index >= 15 is 0 Å². The Morgan fingerprint density at radius 2 is 2.12 bits per heavy atom. The fourth-order valence-electron chi connectivity index (χ4n) is 1.63. The van der Waals surface area contributed by atoms with Gasteiger partial charge in [0.25, 0.3) is 0 Å². The van der Waals surface area contributed by atoms with Crippen LogP contribution >= 0.6 is 22.9 Å². The number of carbonyl (C=O) groups is 1. The first-order valence-electron chi connectivity index (χ1n) is 5.95. The lowest BCUT2D eigenvalue weighted by Crippen LogP contribution is -2.38. The van der Waals surface area contributed by atoms with Crippen molar-refractivity contribution < 1.29 is 4.79 Å². The molecular formula is C13H20ClNOS. The van der Waals surface area contributed by atoms with Crippen LogP contribution in [0.1, 0.15) is 36.9 Å². The molecule has 4 heteroatoms. The summed E-state index contributed by atoms with van der Waals surface area (Å²) in [4.78, 5) is 15.0. The molecule has 0 aromatic carbocycles. The van der Waals surface area contributed by atoms with E-state index in [0.717, 1.165) is 17.8 Å². The maximum Gasteiger partial charge on any atom is 0.189 e. The molecule has 2 unspecified atom stereocenters. The van der Waals surface area contributed by atoms with Gasteiger partial charge in [-0.15, -0.1) is 11.3 Å². The Morgan fingerprint density at radius 3 is 2.59 bits per heavy atom. The highest BCUT2D eigenvalue weighted by molar-refractivity contribution is 7.18. The van der Waals surface area contributed by atoms with Gasteiger partial charge in [-0.3, -0.25) is 9.69 Å². The van der Waals surface area contributed by atoms with Crippen LogP contribution < -0.4 is 0 Å². The van der Waals surface area contributed by atoms with E-state index in [1.165, 1.54) is 11.3 Å². The van der Waals surface area contributed by atoms with Gasteiger partial charge < -0.3 is 0 Å². The van der Waals surface area contributed by atoms with Crippen molar-refractivity contribution in [3.05, 3.63) is 21.3 Å². The summed E-state index contributed by atoms with van der Waals surface area (Å²) in [7, 11) is 2.00. The largest absolute Gasteiger partial charge is 0.296 e.